The second-order valence-electron chi connectivity index (χ2n) is 7.94. The fourth-order valence-corrected chi connectivity index (χ4v) is 3.92. The molecule has 1 saturated heterocycles. The molecule has 9 heteroatoms. The zero-order valence-corrected chi connectivity index (χ0v) is 19.8. The largest absolute Gasteiger partial charge is 0.373 e. The highest BCUT2D eigenvalue weighted by Crippen LogP contribution is 2.30. The molecule has 0 radical (unpaired) electrons. The first-order chi connectivity index (χ1) is 15.8. The summed E-state index contributed by atoms with van der Waals surface area (Å²) in [6.07, 6.45) is 2.19. The lowest BCUT2D eigenvalue weighted by Gasteiger charge is -2.36. The molecule has 0 spiro atoms. The van der Waals surface area contributed by atoms with Crippen molar-refractivity contribution in [3.05, 3.63) is 63.6 Å². The lowest BCUT2D eigenvalue weighted by Crippen LogP contribution is -2.47. The Morgan fingerprint density at radius 3 is 2.15 bits per heavy atom. The van der Waals surface area contributed by atoms with Crippen molar-refractivity contribution in [3.63, 3.8) is 0 Å². The van der Waals surface area contributed by atoms with E-state index in [2.05, 4.69) is 51.8 Å². The Kier molecular flexibility index (Phi) is 7.74. The average Bonchev–Trinajstić information content (AvgIpc) is 2.80. The van der Waals surface area contributed by atoms with Crippen LogP contribution in [-0.4, -0.2) is 47.5 Å². The summed E-state index contributed by atoms with van der Waals surface area (Å²) in [6.45, 7) is 11.7. The monoisotopic (exact) mass is 469 g/mol. The van der Waals surface area contributed by atoms with Crippen molar-refractivity contribution in [1.82, 2.24) is 15.2 Å². The van der Waals surface area contributed by atoms with Crippen LogP contribution < -0.4 is 9.80 Å². The maximum absolute atomic E-state index is 13.5. The fourth-order valence-electron chi connectivity index (χ4n) is 3.74. The molecule has 0 N–H and O–H groups in total. The van der Waals surface area contributed by atoms with E-state index in [4.69, 9.17) is 21.2 Å². The van der Waals surface area contributed by atoms with Crippen molar-refractivity contribution in [2.75, 3.05) is 36.0 Å². The number of aromatic nitrogens is 3. The van der Waals surface area contributed by atoms with Gasteiger partial charge in [0, 0.05) is 37.9 Å². The van der Waals surface area contributed by atoms with Gasteiger partial charge in [0.15, 0.2) is 5.82 Å². The minimum atomic E-state index is -0.435. The van der Waals surface area contributed by atoms with Crippen LogP contribution in [0.5, 0.6) is 0 Å². The van der Waals surface area contributed by atoms with Gasteiger partial charge in [-0.3, -0.25) is 0 Å². The van der Waals surface area contributed by atoms with Crippen LogP contribution >= 0.6 is 11.6 Å². The minimum absolute atomic E-state index is 0.0894. The molecule has 172 valence electrons. The molecule has 1 aromatic carbocycles. The molecule has 3 aromatic rings. The van der Waals surface area contributed by atoms with Gasteiger partial charge in [0.05, 0.1) is 10.7 Å². The van der Waals surface area contributed by atoms with Gasteiger partial charge in [0.25, 0.3) is 0 Å². The Hall–Kier alpha value is -3.35. The van der Waals surface area contributed by atoms with Crippen LogP contribution in [0.3, 0.4) is 0 Å². The molecular formula is C24H25ClFN5O2. The van der Waals surface area contributed by atoms with Crippen molar-refractivity contribution >= 4 is 29.4 Å². The van der Waals surface area contributed by atoms with Crippen LogP contribution in [0.1, 0.15) is 22.3 Å². The van der Waals surface area contributed by atoms with Gasteiger partial charge in [-0.15, -0.1) is 10.2 Å². The number of hydrogen-bond acceptors (Lipinski definition) is 7. The van der Waals surface area contributed by atoms with E-state index < -0.39 is 5.82 Å². The maximum Gasteiger partial charge on any atom is 0.373 e. The van der Waals surface area contributed by atoms with Crippen LogP contribution in [-0.2, 0) is 9.59 Å². The van der Waals surface area contributed by atoms with Gasteiger partial charge in [-0.25, -0.2) is 9.37 Å². The van der Waals surface area contributed by atoms with Gasteiger partial charge in [-0.2, -0.15) is 9.59 Å². The van der Waals surface area contributed by atoms with Crippen LogP contribution in [0.25, 0.3) is 11.3 Å². The Balaban J connectivity index is 0.000000968. The number of nitrogens with zero attached hydrogens (tertiary/aromatic N) is 5. The first-order valence-electron chi connectivity index (χ1n) is 10.5. The van der Waals surface area contributed by atoms with Gasteiger partial charge in [0.2, 0.25) is 0 Å². The molecule has 0 atom stereocenters. The Bertz CT molecular complexity index is 1190. The summed E-state index contributed by atoms with van der Waals surface area (Å²) in [5.41, 5.74) is 6.08. The topological polar surface area (TPSA) is 79.3 Å². The number of piperazine rings is 1. The van der Waals surface area contributed by atoms with E-state index in [0.29, 0.717) is 0 Å². The zero-order valence-electron chi connectivity index (χ0n) is 19.0. The third-order valence-electron chi connectivity index (χ3n) is 5.95. The predicted molar refractivity (Wildman–Crippen MR) is 125 cm³/mol. The van der Waals surface area contributed by atoms with Gasteiger partial charge >= 0.3 is 6.15 Å². The summed E-state index contributed by atoms with van der Waals surface area (Å²) in [6, 6.07) is 6.81. The Labute approximate surface area is 197 Å². The molecular weight excluding hydrogens is 445 g/mol. The molecule has 2 aromatic heterocycles. The van der Waals surface area contributed by atoms with E-state index in [9.17, 15) is 4.39 Å². The molecule has 3 heterocycles. The molecule has 0 amide bonds. The number of hydrogen-bond donors (Lipinski definition) is 0. The molecule has 0 bridgehead atoms. The highest BCUT2D eigenvalue weighted by Gasteiger charge is 2.23. The normalized spacial score (nSPS) is 13.3. The van der Waals surface area contributed by atoms with E-state index in [1.54, 1.807) is 12.1 Å². The van der Waals surface area contributed by atoms with Crippen molar-refractivity contribution in [2.45, 2.75) is 27.7 Å². The number of carbonyl (C=O) groups excluding carboxylic acids is 2. The van der Waals surface area contributed by atoms with Gasteiger partial charge < -0.3 is 9.80 Å². The van der Waals surface area contributed by atoms with Crippen LogP contribution in [0.15, 0.2) is 30.5 Å². The third kappa shape index (κ3) is 5.35. The molecule has 0 saturated carbocycles. The van der Waals surface area contributed by atoms with Crippen molar-refractivity contribution in [3.8, 4) is 11.3 Å². The summed E-state index contributed by atoms with van der Waals surface area (Å²) >= 11 is 5.95. The summed E-state index contributed by atoms with van der Waals surface area (Å²) in [4.78, 5) is 25.4. The van der Waals surface area contributed by atoms with Gasteiger partial charge in [-0.05, 0) is 74.2 Å². The predicted octanol–water partition coefficient (Wildman–Crippen LogP) is 4.31. The van der Waals surface area contributed by atoms with Crippen molar-refractivity contribution in [1.29, 1.82) is 0 Å². The molecule has 1 aliphatic heterocycles. The molecule has 1 aliphatic rings. The van der Waals surface area contributed by atoms with E-state index in [1.165, 1.54) is 17.2 Å². The SMILES string of the molecule is Cc1cnc(N2CCN(c3nnc(-c4ccc(F)c(Cl)c4)c(C)c3C)CC2)cc1C.O=C=O. The smallest absolute Gasteiger partial charge is 0.353 e. The van der Waals surface area contributed by atoms with E-state index in [-0.39, 0.29) is 11.2 Å². The Morgan fingerprint density at radius 1 is 0.909 bits per heavy atom. The quantitative estimate of drug-likeness (QED) is 0.565. The Morgan fingerprint density at radius 2 is 1.55 bits per heavy atom. The van der Waals surface area contributed by atoms with Gasteiger partial charge in [0.1, 0.15) is 11.6 Å². The second kappa shape index (κ2) is 10.5. The average molecular weight is 470 g/mol. The van der Waals surface area contributed by atoms with E-state index >= 15 is 0 Å². The highest BCUT2D eigenvalue weighted by atomic mass is 35.5. The molecule has 0 aliphatic carbocycles. The number of halogens is 2. The summed E-state index contributed by atoms with van der Waals surface area (Å²) in [5.74, 6) is 1.49. The van der Waals surface area contributed by atoms with Crippen LogP contribution in [0.4, 0.5) is 16.0 Å². The first-order valence-corrected chi connectivity index (χ1v) is 10.9. The molecule has 1 fully saturated rings. The minimum Gasteiger partial charge on any atom is -0.353 e. The van der Waals surface area contributed by atoms with Crippen molar-refractivity contribution < 1.29 is 14.0 Å². The fraction of sp³-hybridized carbons (Fsp3) is 0.333. The second-order valence-corrected chi connectivity index (χ2v) is 8.34. The zero-order chi connectivity index (χ0) is 24.1. The highest BCUT2D eigenvalue weighted by molar-refractivity contribution is 6.31. The number of anilines is 2. The number of benzene rings is 1. The molecule has 33 heavy (non-hydrogen) atoms. The molecule has 4 rings (SSSR count). The van der Waals surface area contributed by atoms with E-state index in [1.807, 2.05) is 13.1 Å². The molecule has 0 unspecified atom stereocenters. The summed E-state index contributed by atoms with van der Waals surface area (Å²) in [7, 11) is 0. The number of pyridine rings is 1. The third-order valence-corrected chi connectivity index (χ3v) is 6.24. The summed E-state index contributed by atoms with van der Waals surface area (Å²) < 4.78 is 13.5. The van der Waals surface area contributed by atoms with E-state index in [0.717, 1.165) is 60.2 Å². The number of aryl methyl sites for hydroxylation is 2. The first kappa shape index (κ1) is 24.3. The van der Waals surface area contributed by atoms with Gasteiger partial charge in [-0.1, -0.05) is 11.6 Å². The lowest BCUT2D eigenvalue weighted by atomic mass is 10.0. The number of rotatable bonds is 3. The van der Waals surface area contributed by atoms with Crippen LogP contribution in [0.2, 0.25) is 5.02 Å². The maximum atomic E-state index is 13.5. The van der Waals surface area contributed by atoms with Crippen molar-refractivity contribution in [2.24, 2.45) is 0 Å². The lowest BCUT2D eigenvalue weighted by molar-refractivity contribution is -0.191. The van der Waals surface area contributed by atoms with Crippen LogP contribution in [0, 0.1) is 33.5 Å². The summed E-state index contributed by atoms with van der Waals surface area (Å²) in [5, 5.41) is 9.06. The standard InChI is InChI=1S/C23H25ClFN5.CO2/c1-14-11-21(26-13-15(14)2)29-7-9-30(10-8-29)23-17(4)16(3)22(27-28-23)18-5-6-20(25)19(24)12-18;2-1-3/h5-6,11-13H,7-10H2,1-4H3;. The molecule has 7 nitrogen and oxygen atoms in total.